The standard InChI is InChI=1S/C24H18F2N6O2/c25-17-9-8-15(13-18(17)26)20(33)14-32-19-6-2-1-5-16(19)23(30-32)24(34)27-11-10-22-29-28-21-7-3-4-12-31(21)22/h1-9,12-13H,10-11,14H2,(H,27,34). The van der Waals surface area contributed by atoms with Crippen LogP contribution < -0.4 is 5.32 Å². The molecule has 3 heterocycles. The number of nitrogens with one attached hydrogen (secondary N) is 1. The zero-order chi connectivity index (χ0) is 23.7. The summed E-state index contributed by atoms with van der Waals surface area (Å²) < 4.78 is 30.0. The summed E-state index contributed by atoms with van der Waals surface area (Å²) in [6, 6.07) is 15.6. The first-order valence-corrected chi connectivity index (χ1v) is 10.5. The Hall–Kier alpha value is -4.47. The van der Waals surface area contributed by atoms with Crippen molar-refractivity contribution < 1.29 is 18.4 Å². The van der Waals surface area contributed by atoms with Crippen molar-refractivity contribution in [2.75, 3.05) is 6.54 Å². The van der Waals surface area contributed by atoms with Gasteiger partial charge in [-0.05, 0) is 36.4 Å². The fourth-order valence-corrected chi connectivity index (χ4v) is 3.75. The molecule has 0 unspecified atom stereocenters. The van der Waals surface area contributed by atoms with Gasteiger partial charge in [0, 0.05) is 30.1 Å². The molecule has 0 aliphatic carbocycles. The number of fused-ring (bicyclic) bond motifs is 2. The predicted molar refractivity (Wildman–Crippen MR) is 119 cm³/mol. The molecule has 0 saturated heterocycles. The van der Waals surface area contributed by atoms with Crippen LogP contribution in [0.2, 0.25) is 0 Å². The predicted octanol–water partition coefficient (Wildman–Crippen LogP) is 3.21. The van der Waals surface area contributed by atoms with E-state index in [1.807, 2.05) is 28.8 Å². The second-order valence-electron chi connectivity index (χ2n) is 7.63. The molecule has 0 spiro atoms. The Morgan fingerprint density at radius 1 is 0.941 bits per heavy atom. The highest BCUT2D eigenvalue weighted by atomic mass is 19.2. The van der Waals surface area contributed by atoms with Crippen LogP contribution in [0.1, 0.15) is 26.7 Å². The van der Waals surface area contributed by atoms with Crippen LogP contribution in [0.3, 0.4) is 0 Å². The highest BCUT2D eigenvalue weighted by Gasteiger charge is 2.19. The summed E-state index contributed by atoms with van der Waals surface area (Å²) in [7, 11) is 0. The maximum absolute atomic E-state index is 13.5. The third-order valence-electron chi connectivity index (χ3n) is 5.43. The van der Waals surface area contributed by atoms with Crippen molar-refractivity contribution in [1.29, 1.82) is 0 Å². The molecule has 10 heteroatoms. The summed E-state index contributed by atoms with van der Waals surface area (Å²) in [4.78, 5) is 25.5. The molecular weight excluding hydrogens is 442 g/mol. The third kappa shape index (κ3) is 4.01. The van der Waals surface area contributed by atoms with Gasteiger partial charge in [0.05, 0.1) is 5.52 Å². The van der Waals surface area contributed by atoms with Gasteiger partial charge < -0.3 is 5.32 Å². The fraction of sp³-hybridized carbons (Fsp3) is 0.125. The third-order valence-corrected chi connectivity index (χ3v) is 5.43. The second kappa shape index (κ2) is 8.81. The first-order valence-electron chi connectivity index (χ1n) is 10.5. The molecule has 0 bridgehead atoms. The Morgan fingerprint density at radius 2 is 1.76 bits per heavy atom. The van der Waals surface area contributed by atoms with E-state index in [0.717, 1.165) is 17.8 Å². The molecule has 3 aromatic heterocycles. The van der Waals surface area contributed by atoms with Crippen LogP contribution in [0.5, 0.6) is 0 Å². The highest BCUT2D eigenvalue weighted by molar-refractivity contribution is 6.05. The van der Waals surface area contributed by atoms with Crippen LogP contribution >= 0.6 is 0 Å². The Kier molecular flexibility index (Phi) is 5.54. The van der Waals surface area contributed by atoms with E-state index in [1.165, 1.54) is 10.7 Å². The molecule has 5 rings (SSSR count). The van der Waals surface area contributed by atoms with Gasteiger partial charge in [-0.2, -0.15) is 5.10 Å². The number of carbonyl (C=O) groups is 2. The average molecular weight is 460 g/mol. The average Bonchev–Trinajstić information content (AvgIpc) is 3.43. The van der Waals surface area contributed by atoms with Gasteiger partial charge in [0.15, 0.2) is 28.8 Å². The monoisotopic (exact) mass is 460 g/mol. The lowest BCUT2D eigenvalue weighted by Crippen LogP contribution is -2.27. The second-order valence-corrected chi connectivity index (χ2v) is 7.63. The topological polar surface area (TPSA) is 94.2 Å². The molecule has 0 atom stereocenters. The number of hydrogen-bond donors (Lipinski definition) is 1. The number of pyridine rings is 1. The van der Waals surface area contributed by atoms with Gasteiger partial charge in [-0.25, -0.2) is 8.78 Å². The number of para-hydroxylation sites is 1. The zero-order valence-electron chi connectivity index (χ0n) is 17.8. The number of hydrogen-bond acceptors (Lipinski definition) is 5. The number of carbonyl (C=O) groups excluding carboxylic acids is 2. The van der Waals surface area contributed by atoms with Crippen LogP contribution in [-0.2, 0) is 13.0 Å². The molecule has 0 radical (unpaired) electrons. The van der Waals surface area contributed by atoms with Gasteiger partial charge >= 0.3 is 0 Å². The summed E-state index contributed by atoms with van der Waals surface area (Å²) in [6.45, 7) is 0.0775. The number of halogens is 2. The van der Waals surface area contributed by atoms with Crippen molar-refractivity contribution in [3.63, 3.8) is 0 Å². The molecule has 0 saturated carbocycles. The van der Waals surface area contributed by atoms with Gasteiger partial charge in [-0.3, -0.25) is 18.7 Å². The first kappa shape index (κ1) is 21.4. The van der Waals surface area contributed by atoms with E-state index in [4.69, 9.17) is 0 Å². The Morgan fingerprint density at radius 3 is 2.62 bits per heavy atom. The number of aromatic nitrogens is 5. The molecule has 0 aliphatic rings. The van der Waals surface area contributed by atoms with Crippen molar-refractivity contribution in [2.45, 2.75) is 13.0 Å². The molecule has 0 fully saturated rings. The van der Waals surface area contributed by atoms with Crippen LogP contribution in [-0.4, -0.2) is 42.6 Å². The number of amides is 1. The van der Waals surface area contributed by atoms with E-state index in [2.05, 4.69) is 20.6 Å². The summed E-state index contributed by atoms with van der Waals surface area (Å²) >= 11 is 0. The number of Topliss-reactive ketones (excluding diaryl/α,β-unsaturated/α-hetero) is 1. The fourth-order valence-electron chi connectivity index (χ4n) is 3.75. The van der Waals surface area contributed by atoms with Crippen molar-refractivity contribution in [3.05, 3.63) is 95.6 Å². The van der Waals surface area contributed by atoms with Gasteiger partial charge in [0.1, 0.15) is 12.4 Å². The van der Waals surface area contributed by atoms with Gasteiger partial charge in [0.2, 0.25) is 0 Å². The van der Waals surface area contributed by atoms with Crippen LogP contribution in [0.15, 0.2) is 66.9 Å². The molecule has 5 aromatic rings. The van der Waals surface area contributed by atoms with Crippen molar-refractivity contribution in [2.24, 2.45) is 0 Å². The molecule has 1 amide bonds. The summed E-state index contributed by atoms with van der Waals surface area (Å²) in [6.07, 6.45) is 2.32. The summed E-state index contributed by atoms with van der Waals surface area (Å²) in [5, 5.41) is 16.0. The van der Waals surface area contributed by atoms with E-state index >= 15 is 0 Å². The zero-order valence-corrected chi connectivity index (χ0v) is 17.8. The molecule has 2 aromatic carbocycles. The smallest absolute Gasteiger partial charge is 0.272 e. The Balaban J connectivity index is 1.33. The number of rotatable bonds is 7. The molecule has 1 N–H and O–H groups in total. The van der Waals surface area contributed by atoms with Crippen molar-refractivity contribution in [1.82, 2.24) is 29.7 Å². The van der Waals surface area contributed by atoms with E-state index in [0.29, 0.717) is 29.7 Å². The summed E-state index contributed by atoms with van der Waals surface area (Å²) in [5.41, 5.74) is 1.48. The number of benzene rings is 2. The minimum absolute atomic E-state index is 0.0185. The molecule has 8 nitrogen and oxygen atoms in total. The van der Waals surface area contributed by atoms with E-state index in [1.54, 1.807) is 24.3 Å². The van der Waals surface area contributed by atoms with Crippen LogP contribution in [0, 0.1) is 11.6 Å². The quantitative estimate of drug-likeness (QED) is 0.377. The van der Waals surface area contributed by atoms with Gasteiger partial charge in [-0.15, -0.1) is 10.2 Å². The minimum Gasteiger partial charge on any atom is -0.350 e. The Labute approximate surface area is 191 Å². The van der Waals surface area contributed by atoms with E-state index in [9.17, 15) is 18.4 Å². The largest absolute Gasteiger partial charge is 0.350 e. The SMILES string of the molecule is O=C(Cn1nc(C(=O)NCCc2nnc3ccccn23)c2ccccc21)c1ccc(F)c(F)c1. The molecule has 170 valence electrons. The molecule has 0 aliphatic heterocycles. The number of nitrogens with zero attached hydrogens (tertiary/aromatic N) is 5. The Bertz CT molecular complexity index is 1540. The van der Waals surface area contributed by atoms with Gasteiger partial charge in [-0.1, -0.05) is 24.3 Å². The first-order chi connectivity index (χ1) is 16.5. The number of ketones is 1. The lowest BCUT2D eigenvalue weighted by Gasteiger charge is -2.04. The van der Waals surface area contributed by atoms with Crippen molar-refractivity contribution in [3.8, 4) is 0 Å². The van der Waals surface area contributed by atoms with E-state index < -0.39 is 23.3 Å². The van der Waals surface area contributed by atoms with Crippen molar-refractivity contribution >= 4 is 28.2 Å². The maximum Gasteiger partial charge on any atom is 0.272 e. The minimum atomic E-state index is -1.10. The normalized spacial score (nSPS) is 11.2. The highest BCUT2D eigenvalue weighted by Crippen LogP contribution is 2.19. The molecule has 34 heavy (non-hydrogen) atoms. The van der Waals surface area contributed by atoms with E-state index in [-0.39, 0.29) is 17.8 Å². The summed E-state index contributed by atoms with van der Waals surface area (Å²) in [5.74, 6) is -2.28. The lowest BCUT2D eigenvalue weighted by atomic mass is 10.1. The van der Waals surface area contributed by atoms with Crippen LogP contribution in [0.4, 0.5) is 8.78 Å². The van der Waals surface area contributed by atoms with Crippen LogP contribution in [0.25, 0.3) is 16.6 Å². The van der Waals surface area contributed by atoms with Gasteiger partial charge in [0.25, 0.3) is 5.91 Å². The molecular formula is C24H18F2N6O2. The lowest BCUT2D eigenvalue weighted by molar-refractivity contribution is 0.0938. The maximum atomic E-state index is 13.5.